The maximum Gasteiger partial charge on any atom is 0.0109 e. The van der Waals surface area contributed by atoms with Crippen LogP contribution in [0, 0.1) is 5.92 Å². The van der Waals surface area contributed by atoms with Gasteiger partial charge < -0.3 is 9.80 Å². The maximum atomic E-state index is 2.71. The Morgan fingerprint density at radius 3 is 2.12 bits per heavy atom. The summed E-state index contributed by atoms with van der Waals surface area (Å²) < 4.78 is 0. The molecule has 0 saturated carbocycles. The second-order valence-electron chi connectivity index (χ2n) is 5.60. The Kier molecular flexibility index (Phi) is 5.11. The first-order valence-electron chi connectivity index (χ1n) is 7.33. The van der Waals surface area contributed by atoms with E-state index in [-0.39, 0.29) is 0 Å². The Hall–Kier alpha value is -0.0800. The quantitative estimate of drug-likeness (QED) is 0.724. The molecular formula is C14H28N2. The van der Waals surface area contributed by atoms with Crippen LogP contribution >= 0.6 is 0 Å². The van der Waals surface area contributed by atoms with Crippen molar-refractivity contribution in [2.45, 2.75) is 45.4 Å². The molecular weight excluding hydrogens is 196 g/mol. The zero-order valence-electron chi connectivity index (χ0n) is 11.0. The molecule has 1 unspecified atom stereocenters. The molecule has 2 fully saturated rings. The molecule has 0 aromatic carbocycles. The van der Waals surface area contributed by atoms with E-state index in [9.17, 15) is 0 Å². The Labute approximate surface area is 101 Å². The van der Waals surface area contributed by atoms with Crippen LogP contribution in [0.5, 0.6) is 0 Å². The fourth-order valence-electron chi connectivity index (χ4n) is 2.91. The second kappa shape index (κ2) is 6.61. The van der Waals surface area contributed by atoms with Crippen LogP contribution in [0.1, 0.15) is 45.4 Å². The van der Waals surface area contributed by atoms with Crippen LogP contribution in [-0.2, 0) is 0 Å². The summed E-state index contributed by atoms with van der Waals surface area (Å²) in [7, 11) is 0. The number of nitrogens with zero attached hydrogens (tertiary/aromatic N) is 2. The molecule has 0 radical (unpaired) electrons. The van der Waals surface area contributed by atoms with Gasteiger partial charge in [0.25, 0.3) is 0 Å². The van der Waals surface area contributed by atoms with E-state index in [0.717, 1.165) is 5.92 Å². The molecule has 2 saturated heterocycles. The van der Waals surface area contributed by atoms with Gasteiger partial charge in [-0.05, 0) is 51.4 Å². The van der Waals surface area contributed by atoms with Gasteiger partial charge in [-0.3, -0.25) is 0 Å². The highest BCUT2D eigenvalue weighted by Gasteiger charge is 2.17. The molecule has 0 spiro atoms. The van der Waals surface area contributed by atoms with E-state index in [0.29, 0.717) is 0 Å². The SMILES string of the molecule is CCC1CCCCN(CCN2CCC2)CC1. The van der Waals surface area contributed by atoms with Crippen LogP contribution < -0.4 is 0 Å². The molecule has 0 aromatic rings. The third kappa shape index (κ3) is 3.74. The van der Waals surface area contributed by atoms with Gasteiger partial charge >= 0.3 is 0 Å². The van der Waals surface area contributed by atoms with Gasteiger partial charge in [-0.2, -0.15) is 0 Å². The van der Waals surface area contributed by atoms with Gasteiger partial charge in [0.1, 0.15) is 0 Å². The second-order valence-corrected chi connectivity index (χ2v) is 5.60. The molecule has 1 atom stereocenters. The first-order valence-corrected chi connectivity index (χ1v) is 7.33. The molecule has 2 rings (SSSR count). The minimum Gasteiger partial charge on any atom is -0.302 e. The zero-order valence-corrected chi connectivity index (χ0v) is 11.0. The third-order valence-corrected chi connectivity index (χ3v) is 4.45. The lowest BCUT2D eigenvalue weighted by Gasteiger charge is -2.34. The molecule has 0 bridgehead atoms. The van der Waals surface area contributed by atoms with Crippen molar-refractivity contribution in [2.24, 2.45) is 5.92 Å². The minimum atomic E-state index is 1.01. The molecule has 2 aliphatic rings. The van der Waals surface area contributed by atoms with Gasteiger partial charge in [-0.25, -0.2) is 0 Å². The van der Waals surface area contributed by atoms with Crippen LogP contribution in [0.25, 0.3) is 0 Å². The van der Waals surface area contributed by atoms with E-state index < -0.39 is 0 Å². The third-order valence-electron chi connectivity index (χ3n) is 4.45. The van der Waals surface area contributed by atoms with Crippen LogP contribution in [0.2, 0.25) is 0 Å². The normalized spacial score (nSPS) is 29.4. The topological polar surface area (TPSA) is 6.48 Å². The van der Waals surface area contributed by atoms with Gasteiger partial charge in [-0.1, -0.05) is 26.2 Å². The molecule has 0 amide bonds. The number of rotatable bonds is 4. The summed E-state index contributed by atoms with van der Waals surface area (Å²) in [5.41, 5.74) is 0. The standard InChI is InChI=1S/C14H28N2/c1-2-14-6-3-4-8-16(11-7-14)13-12-15-9-5-10-15/h14H,2-13H2,1H3. The summed E-state index contributed by atoms with van der Waals surface area (Å²) in [6, 6.07) is 0. The largest absolute Gasteiger partial charge is 0.302 e. The summed E-state index contributed by atoms with van der Waals surface area (Å²) in [5.74, 6) is 1.01. The predicted octanol–water partition coefficient (Wildman–Crippen LogP) is 2.59. The van der Waals surface area contributed by atoms with E-state index >= 15 is 0 Å². The van der Waals surface area contributed by atoms with Crippen LogP contribution in [0.4, 0.5) is 0 Å². The first-order chi connectivity index (χ1) is 7.88. The van der Waals surface area contributed by atoms with Gasteiger partial charge in [0.15, 0.2) is 0 Å². The number of likely N-dealkylation sites (tertiary alicyclic amines) is 2. The van der Waals surface area contributed by atoms with Gasteiger partial charge in [0.05, 0.1) is 0 Å². The molecule has 0 aromatic heterocycles. The highest BCUT2D eigenvalue weighted by Crippen LogP contribution is 2.20. The summed E-state index contributed by atoms with van der Waals surface area (Å²) in [6.07, 6.45) is 8.63. The van der Waals surface area contributed by atoms with Crippen LogP contribution in [0.15, 0.2) is 0 Å². The van der Waals surface area contributed by atoms with Crippen molar-refractivity contribution in [1.82, 2.24) is 9.80 Å². The van der Waals surface area contributed by atoms with Crippen molar-refractivity contribution < 1.29 is 0 Å². The highest BCUT2D eigenvalue weighted by atomic mass is 15.2. The van der Waals surface area contributed by atoms with Crippen molar-refractivity contribution in [3.05, 3.63) is 0 Å². The zero-order chi connectivity index (χ0) is 11.2. The smallest absolute Gasteiger partial charge is 0.0109 e. The molecule has 2 heteroatoms. The van der Waals surface area contributed by atoms with Gasteiger partial charge in [0.2, 0.25) is 0 Å². The van der Waals surface area contributed by atoms with Crippen molar-refractivity contribution in [2.75, 3.05) is 39.3 Å². The van der Waals surface area contributed by atoms with Crippen LogP contribution in [-0.4, -0.2) is 49.1 Å². The molecule has 94 valence electrons. The summed E-state index contributed by atoms with van der Waals surface area (Å²) >= 11 is 0. The lowest BCUT2D eigenvalue weighted by molar-refractivity contribution is 0.138. The van der Waals surface area contributed by atoms with E-state index in [1.807, 2.05) is 0 Å². The Morgan fingerprint density at radius 1 is 0.812 bits per heavy atom. The van der Waals surface area contributed by atoms with E-state index in [4.69, 9.17) is 0 Å². The van der Waals surface area contributed by atoms with E-state index in [1.165, 1.54) is 77.8 Å². The minimum absolute atomic E-state index is 1.01. The van der Waals surface area contributed by atoms with Crippen LogP contribution in [0.3, 0.4) is 0 Å². The Morgan fingerprint density at radius 2 is 1.50 bits per heavy atom. The average molecular weight is 224 g/mol. The van der Waals surface area contributed by atoms with Crippen molar-refractivity contribution in [3.8, 4) is 0 Å². The molecule has 2 aliphatic heterocycles. The molecule has 0 aliphatic carbocycles. The highest BCUT2D eigenvalue weighted by molar-refractivity contribution is 4.72. The Balaban J connectivity index is 1.66. The van der Waals surface area contributed by atoms with E-state index in [2.05, 4.69) is 16.7 Å². The monoisotopic (exact) mass is 224 g/mol. The van der Waals surface area contributed by atoms with Crippen molar-refractivity contribution in [1.29, 1.82) is 0 Å². The van der Waals surface area contributed by atoms with E-state index in [1.54, 1.807) is 0 Å². The Bertz CT molecular complexity index is 187. The average Bonchev–Trinajstić information content (AvgIpc) is 2.19. The molecule has 0 N–H and O–H groups in total. The van der Waals surface area contributed by atoms with Gasteiger partial charge in [-0.15, -0.1) is 0 Å². The predicted molar refractivity (Wildman–Crippen MR) is 69.7 cm³/mol. The lowest BCUT2D eigenvalue weighted by Crippen LogP contribution is -2.43. The van der Waals surface area contributed by atoms with Crippen molar-refractivity contribution >= 4 is 0 Å². The fraction of sp³-hybridized carbons (Fsp3) is 1.00. The fourth-order valence-corrected chi connectivity index (χ4v) is 2.91. The molecule has 16 heavy (non-hydrogen) atoms. The molecule has 2 heterocycles. The first kappa shape index (κ1) is 12.4. The number of hydrogen-bond donors (Lipinski definition) is 0. The molecule has 2 nitrogen and oxygen atoms in total. The lowest BCUT2D eigenvalue weighted by atomic mass is 9.94. The summed E-state index contributed by atoms with van der Waals surface area (Å²) in [4.78, 5) is 5.30. The van der Waals surface area contributed by atoms with Gasteiger partial charge in [0, 0.05) is 13.1 Å². The maximum absolute atomic E-state index is 2.71. The number of hydrogen-bond acceptors (Lipinski definition) is 2. The summed E-state index contributed by atoms with van der Waals surface area (Å²) in [5, 5.41) is 0. The summed E-state index contributed by atoms with van der Waals surface area (Å²) in [6.45, 7) is 10.4. The van der Waals surface area contributed by atoms with Crippen molar-refractivity contribution in [3.63, 3.8) is 0 Å².